The number of hydrogen-bond acceptors (Lipinski definition) is 2. The van der Waals surface area contributed by atoms with E-state index in [1.807, 2.05) is 31.2 Å². The third-order valence-corrected chi connectivity index (χ3v) is 5.94. The molecule has 0 bridgehead atoms. The molecule has 2 aromatic rings. The number of rotatable bonds is 4. The van der Waals surface area contributed by atoms with Crippen molar-refractivity contribution < 1.29 is 9.50 Å². The molecule has 1 N–H and O–H groups in total. The molecule has 2 aliphatic carbocycles. The molecule has 0 radical (unpaired) electrons. The summed E-state index contributed by atoms with van der Waals surface area (Å²) in [5, 5.41) is 10.3. The van der Waals surface area contributed by atoms with Gasteiger partial charge in [-0.05, 0) is 61.1 Å². The first-order valence-electron chi connectivity index (χ1n) is 9.70. The molecule has 2 aliphatic rings. The number of pyridine rings is 1. The second-order valence-electron chi connectivity index (χ2n) is 7.83. The van der Waals surface area contributed by atoms with E-state index in [2.05, 4.69) is 6.92 Å². The molecule has 0 spiro atoms. The minimum atomic E-state index is -0.0908. The van der Waals surface area contributed by atoms with Crippen molar-refractivity contribution in [2.45, 2.75) is 64.2 Å². The lowest BCUT2D eigenvalue weighted by Gasteiger charge is -2.22. The van der Waals surface area contributed by atoms with E-state index in [0.717, 1.165) is 46.5 Å². The van der Waals surface area contributed by atoms with Gasteiger partial charge in [0.15, 0.2) is 0 Å². The maximum Gasteiger partial charge on any atom is 0.137 e. The molecule has 3 heteroatoms. The molecule has 1 aromatic carbocycles. The fraction of sp³-hybridized carbons (Fsp3) is 0.435. The van der Waals surface area contributed by atoms with Crippen LogP contribution in [0.5, 0.6) is 5.75 Å². The molecular weight excluding hydrogens is 325 g/mol. The van der Waals surface area contributed by atoms with Crippen molar-refractivity contribution in [2.24, 2.45) is 0 Å². The van der Waals surface area contributed by atoms with Crippen LogP contribution in [0, 0.1) is 19.7 Å². The van der Waals surface area contributed by atoms with Gasteiger partial charge < -0.3 is 5.11 Å². The number of aromatic hydroxyl groups is 1. The Morgan fingerprint density at radius 3 is 2.54 bits per heavy atom. The van der Waals surface area contributed by atoms with E-state index in [9.17, 15) is 9.50 Å². The van der Waals surface area contributed by atoms with Crippen molar-refractivity contribution in [3.63, 3.8) is 0 Å². The summed E-state index contributed by atoms with van der Waals surface area (Å²) < 4.78 is 14.8. The summed E-state index contributed by atoms with van der Waals surface area (Å²) in [6.07, 6.45) is 10.5. The van der Waals surface area contributed by atoms with E-state index >= 15 is 0 Å². The molecule has 1 heterocycles. The Hall–Kier alpha value is -2.16. The van der Waals surface area contributed by atoms with Gasteiger partial charge in [-0.1, -0.05) is 37.5 Å². The zero-order valence-electron chi connectivity index (χ0n) is 15.6. The average molecular weight is 351 g/mol. The third-order valence-electron chi connectivity index (χ3n) is 5.94. The number of aromatic nitrogens is 1. The summed E-state index contributed by atoms with van der Waals surface area (Å²) in [6, 6.07) is 5.61. The van der Waals surface area contributed by atoms with Gasteiger partial charge in [0, 0.05) is 24.0 Å². The smallest absolute Gasteiger partial charge is 0.137 e. The Balaban J connectivity index is 1.64. The van der Waals surface area contributed by atoms with Gasteiger partial charge in [0.05, 0.1) is 5.69 Å². The molecule has 0 unspecified atom stereocenters. The number of nitrogens with zero attached hydrogens (tertiary/aromatic N) is 1. The minimum Gasteiger partial charge on any atom is -0.506 e. The first-order chi connectivity index (χ1) is 12.5. The van der Waals surface area contributed by atoms with Crippen LogP contribution in [0.1, 0.15) is 77.6 Å². The van der Waals surface area contributed by atoms with Crippen LogP contribution < -0.4 is 0 Å². The fourth-order valence-corrected chi connectivity index (χ4v) is 4.27. The van der Waals surface area contributed by atoms with Crippen LogP contribution in [0.15, 0.2) is 30.4 Å². The number of hydrogen-bond donors (Lipinski definition) is 1. The summed E-state index contributed by atoms with van der Waals surface area (Å²) in [5.74, 6) is 0.736. The van der Waals surface area contributed by atoms with Crippen molar-refractivity contribution in [2.75, 3.05) is 0 Å². The van der Waals surface area contributed by atoms with Gasteiger partial charge in [0.2, 0.25) is 0 Å². The maximum atomic E-state index is 14.8. The molecule has 136 valence electrons. The molecule has 1 saturated carbocycles. The fourth-order valence-electron chi connectivity index (χ4n) is 4.27. The van der Waals surface area contributed by atoms with Gasteiger partial charge in [0.1, 0.15) is 11.6 Å². The minimum absolute atomic E-state index is 0.0908. The first kappa shape index (κ1) is 17.3. The van der Waals surface area contributed by atoms with Crippen LogP contribution in [0.4, 0.5) is 4.39 Å². The van der Waals surface area contributed by atoms with E-state index in [1.165, 1.54) is 19.3 Å². The SMILES string of the molecule is Cc1cc(C2C=C2)c(F)c(C)c1Cc1ccc(O)c(C2CCCCC2)n1. The number of aryl methyl sites for hydroxylation is 1. The van der Waals surface area contributed by atoms with Crippen LogP contribution in [0.3, 0.4) is 0 Å². The van der Waals surface area contributed by atoms with Crippen molar-refractivity contribution in [3.8, 4) is 5.75 Å². The van der Waals surface area contributed by atoms with Crippen LogP contribution in [0.2, 0.25) is 0 Å². The topological polar surface area (TPSA) is 33.1 Å². The zero-order chi connectivity index (χ0) is 18.3. The number of allylic oxidation sites excluding steroid dienone is 2. The van der Waals surface area contributed by atoms with Gasteiger partial charge in [-0.15, -0.1) is 0 Å². The number of benzene rings is 1. The van der Waals surface area contributed by atoms with Crippen LogP contribution in [-0.2, 0) is 6.42 Å². The number of halogens is 1. The molecule has 0 saturated heterocycles. The third kappa shape index (κ3) is 3.27. The van der Waals surface area contributed by atoms with Crippen LogP contribution in [-0.4, -0.2) is 10.1 Å². The molecule has 0 amide bonds. The normalized spacial score (nSPS) is 17.7. The van der Waals surface area contributed by atoms with Gasteiger partial charge in [-0.25, -0.2) is 4.39 Å². The Labute approximate surface area is 154 Å². The molecule has 0 aliphatic heterocycles. The Morgan fingerprint density at radius 1 is 1.12 bits per heavy atom. The lowest BCUT2D eigenvalue weighted by atomic mass is 9.86. The summed E-state index contributed by atoms with van der Waals surface area (Å²) >= 11 is 0. The molecule has 2 nitrogen and oxygen atoms in total. The van der Waals surface area contributed by atoms with E-state index in [1.54, 1.807) is 6.07 Å². The first-order valence-corrected chi connectivity index (χ1v) is 9.70. The van der Waals surface area contributed by atoms with Crippen LogP contribution >= 0.6 is 0 Å². The quantitative estimate of drug-likeness (QED) is 0.703. The summed E-state index contributed by atoms with van der Waals surface area (Å²) in [5.41, 5.74) is 5.37. The Bertz CT molecular complexity index is 859. The molecule has 1 aromatic heterocycles. The summed E-state index contributed by atoms with van der Waals surface area (Å²) in [4.78, 5) is 4.79. The maximum absolute atomic E-state index is 14.8. The van der Waals surface area contributed by atoms with Crippen molar-refractivity contribution >= 4 is 0 Å². The summed E-state index contributed by atoms with van der Waals surface area (Å²) in [7, 11) is 0. The summed E-state index contributed by atoms with van der Waals surface area (Å²) in [6.45, 7) is 3.92. The highest BCUT2D eigenvalue weighted by molar-refractivity contribution is 5.48. The second-order valence-corrected chi connectivity index (χ2v) is 7.83. The molecule has 0 atom stereocenters. The molecule has 4 rings (SSSR count). The molecule has 1 fully saturated rings. The molecule has 26 heavy (non-hydrogen) atoms. The van der Waals surface area contributed by atoms with Gasteiger partial charge in [0.25, 0.3) is 0 Å². The van der Waals surface area contributed by atoms with Crippen molar-refractivity contribution in [3.05, 3.63) is 69.8 Å². The van der Waals surface area contributed by atoms with Crippen LogP contribution in [0.25, 0.3) is 0 Å². The lowest BCUT2D eigenvalue weighted by Crippen LogP contribution is -2.09. The Kier molecular flexibility index (Phi) is 4.56. The lowest BCUT2D eigenvalue weighted by molar-refractivity contribution is 0.405. The highest BCUT2D eigenvalue weighted by atomic mass is 19.1. The predicted octanol–water partition coefficient (Wildman–Crippen LogP) is 5.84. The highest BCUT2D eigenvalue weighted by Gasteiger charge is 2.23. The molecular formula is C23H26FNO. The van der Waals surface area contributed by atoms with Gasteiger partial charge in [-0.3, -0.25) is 4.98 Å². The van der Waals surface area contributed by atoms with E-state index in [0.29, 0.717) is 18.1 Å². The largest absolute Gasteiger partial charge is 0.506 e. The van der Waals surface area contributed by atoms with E-state index in [4.69, 9.17) is 4.98 Å². The predicted molar refractivity (Wildman–Crippen MR) is 102 cm³/mol. The standard InChI is InChI=1S/C23H26FNO/c1-14-12-20(16-8-9-16)22(24)15(2)19(14)13-18-10-11-21(26)23(25-18)17-6-4-3-5-7-17/h8-12,16-17,26H,3-7,13H2,1-2H3. The van der Waals surface area contributed by atoms with E-state index in [-0.39, 0.29) is 11.7 Å². The Morgan fingerprint density at radius 2 is 1.85 bits per heavy atom. The monoisotopic (exact) mass is 351 g/mol. The van der Waals surface area contributed by atoms with Crippen molar-refractivity contribution in [1.29, 1.82) is 0 Å². The highest BCUT2D eigenvalue weighted by Crippen LogP contribution is 2.37. The van der Waals surface area contributed by atoms with Crippen molar-refractivity contribution in [1.82, 2.24) is 4.98 Å². The zero-order valence-corrected chi connectivity index (χ0v) is 15.6. The van der Waals surface area contributed by atoms with Gasteiger partial charge >= 0.3 is 0 Å². The average Bonchev–Trinajstić information content (AvgIpc) is 3.49. The van der Waals surface area contributed by atoms with E-state index < -0.39 is 0 Å². The van der Waals surface area contributed by atoms with Gasteiger partial charge in [-0.2, -0.15) is 0 Å². The second kappa shape index (κ2) is 6.86.